The lowest BCUT2D eigenvalue weighted by Crippen LogP contribution is -2.57. The summed E-state index contributed by atoms with van der Waals surface area (Å²) < 4.78 is 4.97. The Hall–Kier alpha value is -3.83. The second kappa shape index (κ2) is 8.68. The van der Waals surface area contributed by atoms with Crippen molar-refractivity contribution in [1.29, 1.82) is 5.26 Å². The predicted octanol–water partition coefficient (Wildman–Crippen LogP) is 3.05. The van der Waals surface area contributed by atoms with E-state index >= 15 is 0 Å². The van der Waals surface area contributed by atoms with Crippen molar-refractivity contribution in [2.45, 2.75) is 23.5 Å². The second-order valence-corrected chi connectivity index (χ2v) is 11.1. The first kappa shape index (κ1) is 23.9. The summed E-state index contributed by atoms with van der Waals surface area (Å²) in [6.45, 7) is 2.76. The monoisotopic (exact) mass is 525 g/mol. The molecule has 1 unspecified atom stereocenters. The minimum atomic E-state index is -0.471. The molecule has 5 rings (SSSR count). The van der Waals surface area contributed by atoms with Crippen LogP contribution < -0.4 is 26.0 Å². The van der Waals surface area contributed by atoms with Crippen LogP contribution in [0.1, 0.15) is 34.5 Å². The Bertz CT molecular complexity index is 1410. The summed E-state index contributed by atoms with van der Waals surface area (Å²) in [5, 5.41) is 22.5. The lowest BCUT2D eigenvalue weighted by Gasteiger charge is -2.48. The number of hydrogen-bond acceptors (Lipinski definition) is 13. The highest BCUT2D eigenvalue weighted by molar-refractivity contribution is 8.00. The summed E-state index contributed by atoms with van der Waals surface area (Å²) in [7, 11) is 3.13. The normalized spacial score (nSPS) is 16.2. The number of nitrogens with zero attached hydrogens (tertiary/aromatic N) is 7. The summed E-state index contributed by atoms with van der Waals surface area (Å²) in [4.78, 5) is 29.3. The van der Waals surface area contributed by atoms with Gasteiger partial charge in [-0.3, -0.25) is 10.1 Å². The molecule has 186 valence electrons. The van der Waals surface area contributed by atoms with Crippen LogP contribution in [0.2, 0.25) is 0 Å². The average Bonchev–Trinajstić information content (AvgIpc) is 3.36. The van der Waals surface area contributed by atoms with Crippen LogP contribution in [0, 0.1) is 21.4 Å². The van der Waals surface area contributed by atoms with Crippen LogP contribution >= 0.6 is 23.1 Å². The van der Waals surface area contributed by atoms with Gasteiger partial charge in [0.15, 0.2) is 0 Å². The zero-order valence-electron chi connectivity index (χ0n) is 19.8. The molecule has 4 N–H and O–H groups in total. The molecule has 0 bridgehead atoms. The maximum absolute atomic E-state index is 12.4. The second-order valence-electron chi connectivity index (χ2n) is 8.62. The third-order valence-corrected chi connectivity index (χ3v) is 9.33. The molecule has 0 radical (unpaired) electrons. The number of nitro groups is 1. The van der Waals surface area contributed by atoms with Crippen LogP contribution in [0.15, 0.2) is 18.3 Å². The van der Waals surface area contributed by atoms with Crippen molar-refractivity contribution in [1.82, 2.24) is 15.0 Å². The molecule has 5 heterocycles. The van der Waals surface area contributed by atoms with Crippen LogP contribution in [-0.4, -0.2) is 47.1 Å². The third-order valence-electron chi connectivity index (χ3n) is 6.68. The Morgan fingerprint density at radius 1 is 1.39 bits per heavy atom. The van der Waals surface area contributed by atoms with Crippen LogP contribution in [0.25, 0.3) is 0 Å². The number of nitrogens with two attached hydrogens (primary N) is 2. The maximum atomic E-state index is 12.4. The maximum Gasteiger partial charge on any atom is 0.353 e. The fourth-order valence-electron chi connectivity index (χ4n) is 4.75. The van der Waals surface area contributed by atoms with Crippen molar-refractivity contribution >= 4 is 51.2 Å². The van der Waals surface area contributed by atoms with Crippen molar-refractivity contribution in [3.05, 3.63) is 50.0 Å². The highest BCUT2D eigenvalue weighted by Crippen LogP contribution is 2.58. The number of nitrogen functional groups attached to an aromatic ring is 2. The van der Waals surface area contributed by atoms with Crippen LogP contribution in [0.4, 0.5) is 28.1 Å². The van der Waals surface area contributed by atoms with Crippen LogP contribution in [0.5, 0.6) is 6.01 Å². The summed E-state index contributed by atoms with van der Waals surface area (Å²) in [5.74, 6) is 1.37. The molecule has 1 spiro atoms. The number of aromatic nitrogens is 3. The van der Waals surface area contributed by atoms with Crippen molar-refractivity contribution in [3.63, 3.8) is 0 Å². The van der Waals surface area contributed by atoms with Gasteiger partial charge >= 0.3 is 11.7 Å². The minimum absolute atomic E-state index is 0.0158. The number of pyridine rings is 1. The first-order valence-corrected chi connectivity index (χ1v) is 12.7. The van der Waals surface area contributed by atoms with Crippen molar-refractivity contribution in [2.24, 2.45) is 0 Å². The van der Waals surface area contributed by atoms with Gasteiger partial charge in [0.1, 0.15) is 16.9 Å². The number of anilines is 4. The molecule has 1 atom stereocenters. The van der Waals surface area contributed by atoms with Gasteiger partial charge in [0.05, 0.1) is 28.4 Å². The minimum Gasteiger partial charge on any atom is -0.467 e. The molecule has 3 aromatic rings. The third kappa shape index (κ3) is 3.54. The molecule has 1 saturated heterocycles. The van der Waals surface area contributed by atoms with Crippen LogP contribution in [0.3, 0.4) is 0 Å². The van der Waals surface area contributed by atoms with E-state index in [1.807, 2.05) is 17.9 Å². The van der Waals surface area contributed by atoms with Gasteiger partial charge in [-0.05, 0) is 13.0 Å². The standard InChI is InChI=1S/C22H23N9O3S2/c1-11(12-5-4-6-26-17(12)24)29(2)19-16(31(32)33)20(28-21(27-19)34-3)30-9-22(10-30)15-13(7-23)18(25)36-14(15)8-35-22/h4-6,11H,8-10,25H2,1-3H3,(H2,24,26). The summed E-state index contributed by atoms with van der Waals surface area (Å²) in [5.41, 5.74) is 14.1. The molecule has 2 aliphatic heterocycles. The molecule has 3 aromatic heterocycles. The lowest BCUT2D eigenvalue weighted by molar-refractivity contribution is -0.383. The van der Waals surface area contributed by atoms with Gasteiger partial charge in [-0.15, -0.1) is 23.1 Å². The summed E-state index contributed by atoms with van der Waals surface area (Å²) in [6.07, 6.45) is 1.59. The molecule has 2 aliphatic rings. The van der Waals surface area contributed by atoms with E-state index in [4.69, 9.17) is 16.2 Å². The molecular formula is C22H23N9O3S2. The van der Waals surface area contributed by atoms with Gasteiger partial charge < -0.3 is 26.0 Å². The Morgan fingerprint density at radius 2 is 2.14 bits per heavy atom. The largest absolute Gasteiger partial charge is 0.467 e. The fourth-order valence-corrected chi connectivity index (χ4v) is 7.55. The van der Waals surface area contributed by atoms with E-state index in [-0.39, 0.29) is 34.1 Å². The van der Waals surface area contributed by atoms with E-state index < -0.39 is 4.92 Å². The molecule has 0 aliphatic carbocycles. The molecule has 36 heavy (non-hydrogen) atoms. The van der Waals surface area contributed by atoms with Crippen molar-refractivity contribution in [2.75, 3.05) is 48.5 Å². The molecular weight excluding hydrogens is 502 g/mol. The quantitative estimate of drug-likeness (QED) is 0.356. The van der Waals surface area contributed by atoms with E-state index in [0.717, 1.165) is 16.2 Å². The van der Waals surface area contributed by atoms with Gasteiger partial charge in [0.2, 0.25) is 11.6 Å². The molecule has 0 saturated carbocycles. The highest BCUT2D eigenvalue weighted by Gasteiger charge is 2.54. The topological polar surface area (TPSA) is 173 Å². The number of nitriles is 1. The van der Waals surface area contributed by atoms with Gasteiger partial charge in [-0.25, -0.2) is 4.98 Å². The lowest BCUT2D eigenvalue weighted by atomic mass is 9.88. The molecule has 1 fully saturated rings. The number of ether oxygens (including phenoxy) is 1. The Kier molecular flexibility index (Phi) is 5.76. The SMILES string of the molecule is COc1nc(N2CC3(C2)SCc2sc(N)c(C#N)c23)c([N+](=O)[O-])c(N(C)C(C)c2cccnc2N)n1. The molecule has 0 amide bonds. The van der Waals surface area contributed by atoms with E-state index in [2.05, 4.69) is 21.0 Å². The van der Waals surface area contributed by atoms with E-state index in [9.17, 15) is 15.4 Å². The van der Waals surface area contributed by atoms with Gasteiger partial charge in [0, 0.05) is 48.1 Å². The van der Waals surface area contributed by atoms with Gasteiger partial charge in [0.25, 0.3) is 0 Å². The number of rotatable bonds is 6. The first-order valence-electron chi connectivity index (χ1n) is 10.9. The molecule has 12 nitrogen and oxygen atoms in total. The Balaban J connectivity index is 1.54. The number of thiophene rings is 1. The predicted molar refractivity (Wildman–Crippen MR) is 139 cm³/mol. The zero-order chi connectivity index (χ0) is 25.8. The Morgan fingerprint density at radius 3 is 2.78 bits per heavy atom. The smallest absolute Gasteiger partial charge is 0.353 e. The fraction of sp³-hybridized carbons (Fsp3) is 0.364. The first-order chi connectivity index (χ1) is 17.2. The highest BCUT2D eigenvalue weighted by atomic mass is 32.2. The van der Waals surface area contributed by atoms with E-state index in [0.29, 0.717) is 35.0 Å². The van der Waals surface area contributed by atoms with E-state index in [1.165, 1.54) is 18.4 Å². The van der Waals surface area contributed by atoms with Crippen LogP contribution in [-0.2, 0) is 10.5 Å². The molecule has 0 aromatic carbocycles. The van der Waals surface area contributed by atoms with Crippen molar-refractivity contribution < 1.29 is 9.66 Å². The summed E-state index contributed by atoms with van der Waals surface area (Å²) in [6, 6.07) is 5.47. The van der Waals surface area contributed by atoms with Gasteiger partial charge in [-0.1, -0.05) is 6.07 Å². The molecule has 14 heteroatoms. The number of fused-ring (bicyclic) bond motifs is 2. The zero-order valence-corrected chi connectivity index (χ0v) is 21.4. The number of methoxy groups -OCH3 is 1. The average molecular weight is 526 g/mol. The Labute approximate surface area is 215 Å². The number of thioether (sulfide) groups is 1. The van der Waals surface area contributed by atoms with Crippen molar-refractivity contribution in [3.8, 4) is 12.1 Å². The van der Waals surface area contributed by atoms with Gasteiger partial charge in [-0.2, -0.15) is 15.2 Å². The van der Waals surface area contributed by atoms with E-state index in [1.54, 1.807) is 36.0 Å². The number of hydrogen-bond donors (Lipinski definition) is 2. The summed E-state index contributed by atoms with van der Waals surface area (Å²) >= 11 is 3.17.